The van der Waals surface area contributed by atoms with Crippen molar-refractivity contribution in [1.29, 1.82) is 0 Å². The van der Waals surface area contributed by atoms with Crippen molar-refractivity contribution in [2.75, 3.05) is 20.8 Å². The highest BCUT2D eigenvalue weighted by molar-refractivity contribution is 5.77. The highest BCUT2D eigenvalue weighted by Gasteiger charge is 2.20. The third-order valence-corrected chi connectivity index (χ3v) is 2.78. The first-order chi connectivity index (χ1) is 6.76. The number of carbonyl (C=O) groups excluding carboxylic acids is 1. The lowest BCUT2D eigenvalue weighted by Crippen LogP contribution is -2.42. The number of ether oxygens (including phenoxy) is 1. The Labute approximate surface area is 85.4 Å². The smallest absolute Gasteiger partial charge is 0.246 e. The van der Waals surface area contributed by atoms with Crippen molar-refractivity contribution in [2.24, 2.45) is 0 Å². The van der Waals surface area contributed by atoms with Gasteiger partial charge in [0, 0.05) is 19.2 Å². The molecule has 1 fully saturated rings. The van der Waals surface area contributed by atoms with Gasteiger partial charge in [-0.2, -0.15) is 0 Å². The molecule has 1 saturated carbocycles. The van der Waals surface area contributed by atoms with Gasteiger partial charge in [-0.1, -0.05) is 0 Å². The molecule has 4 heteroatoms. The van der Waals surface area contributed by atoms with E-state index in [4.69, 9.17) is 4.74 Å². The Morgan fingerprint density at radius 2 is 1.86 bits per heavy atom. The highest BCUT2D eigenvalue weighted by atomic mass is 16.5. The molecule has 0 aromatic carbocycles. The maximum absolute atomic E-state index is 11.2. The summed E-state index contributed by atoms with van der Waals surface area (Å²) in [5, 5.41) is 6.24. The zero-order valence-electron chi connectivity index (χ0n) is 9.01. The molecule has 2 N–H and O–H groups in total. The van der Waals surface area contributed by atoms with Crippen LogP contribution in [0.15, 0.2) is 0 Å². The first kappa shape index (κ1) is 11.5. The zero-order chi connectivity index (χ0) is 10.4. The summed E-state index contributed by atoms with van der Waals surface area (Å²) in [5.41, 5.74) is 0. The Morgan fingerprint density at radius 1 is 1.29 bits per heavy atom. The van der Waals surface area contributed by atoms with Crippen molar-refractivity contribution in [3.05, 3.63) is 0 Å². The molecule has 14 heavy (non-hydrogen) atoms. The number of nitrogens with one attached hydrogen (secondary N) is 2. The number of methoxy groups -OCH3 is 1. The molecular formula is C10H20N2O2. The average molecular weight is 200 g/mol. The predicted octanol–water partition coefficient (Wildman–Crippen LogP) is 0.280. The third-order valence-electron chi connectivity index (χ3n) is 2.78. The minimum Gasteiger partial charge on any atom is -0.375 e. The van der Waals surface area contributed by atoms with Gasteiger partial charge in [0.25, 0.3) is 0 Å². The van der Waals surface area contributed by atoms with Crippen LogP contribution >= 0.6 is 0 Å². The van der Waals surface area contributed by atoms with Gasteiger partial charge < -0.3 is 15.4 Å². The minimum absolute atomic E-state index is 0.000377. The number of rotatable bonds is 4. The predicted molar refractivity (Wildman–Crippen MR) is 55.1 cm³/mol. The van der Waals surface area contributed by atoms with Crippen LogP contribution in [0.1, 0.15) is 25.7 Å². The van der Waals surface area contributed by atoms with E-state index in [0.717, 1.165) is 25.7 Å². The molecule has 0 aliphatic heterocycles. The summed E-state index contributed by atoms with van der Waals surface area (Å²) in [6.45, 7) is 0.173. The summed E-state index contributed by atoms with van der Waals surface area (Å²) in [6, 6.07) is 0.979. The van der Waals surface area contributed by atoms with Crippen LogP contribution in [0.25, 0.3) is 0 Å². The normalized spacial score (nSPS) is 27.3. The largest absolute Gasteiger partial charge is 0.375 e. The van der Waals surface area contributed by atoms with E-state index in [2.05, 4.69) is 10.6 Å². The van der Waals surface area contributed by atoms with Gasteiger partial charge in [-0.15, -0.1) is 0 Å². The number of carbonyl (C=O) groups is 1. The fraction of sp³-hybridized carbons (Fsp3) is 0.900. The summed E-state index contributed by atoms with van der Waals surface area (Å²) in [4.78, 5) is 11.2. The topological polar surface area (TPSA) is 50.4 Å². The molecule has 0 atom stereocenters. The van der Waals surface area contributed by atoms with Crippen molar-refractivity contribution in [3.63, 3.8) is 0 Å². The van der Waals surface area contributed by atoms with E-state index < -0.39 is 0 Å². The molecule has 82 valence electrons. The summed E-state index contributed by atoms with van der Waals surface area (Å²) >= 11 is 0. The summed E-state index contributed by atoms with van der Waals surface area (Å²) < 4.78 is 4.76. The lowest BCUT2D eigenvalue weighted by Gasteiger charge is -2.28. The molecule has 1 amide bonds. The van der Waals surface area contributed by atoms with Gasteiger partial charge in [0.15, 0.2) is 0 Å². The molecule has 0 bridgehead atoms. The van der Waals surface area contributed by atoms with E-state index in [1.165, 1.54) is 7.11 Å². The SMILES string of the molecule is CNC1CCC(NC(=O)COC)CC1. The highest BCUT2D eigenvalue weighted by Crippen LogP contribution is 2.17. The van der Waals surface area contributed by atoms with Crippen molar-refractivity contribution >= 4 is 5.91 Å². The van der Waals surface area contributed by atoms with Crippen molar-refractivity contribution in [3.8, 4) is 0 Å². The number of hydrogen-bond acceptors (Lipinski definition) is 3. The molecule has 0 aromatic rings. The number of amides is 1. The van der Waals surface area contributed by atoms with E-state index in [9.17, 15) is 4.79 Å². The van der Waals surface area contributed by atoms with Gasteiger partial charge in [0.05, 0.1) is 0 Å². The van der Waals surface area contributed by atoms with Crippen LogP contribution in [0, 0.1) is 0 Å². The summed E-state index contributed by atoms with van der Waals surface area (Å²) in [6.07, 6.45) is 4.44. The monoisotopic (exact) mass is 200 g/mol. The summed E-state index contributed by atoms with van der Waals surface area (Å²) in [7, 11) is 3.53. The van der Waals surface area contributed by atoms with Gasteiger partial charge in [-0.25, -0.2) is 0 Å². The number of hydrogen-bond donors (Lipinski definition) is 2. The fourth-order valence-electron chi connectivity index (χ4n) is 1.93. The summed E-state index contributed by atoms with van der Waals surface area (Å²) in [5.74, 6) is 0.000377. The van der Waals surface area contributed by atoms with Gasteiger partial charge in [0.2, 0.25) is 5.91 Å². The van der Waals surface area contributed by atoms with Gasteiger partial charge >= 0.3 is 0 Å². The van der Waals surface area contributed by atoms with Gasteiger partial charge in [-0.3, -0.25) is 4.79 Å². The molecular weight excluding hydrogens is 180 g/mol. The van der Waals surface area contributed by atoms with Crippen LogP contribution in [0.2, 0.25) is 0 Å². The Hall–Kier alpha value is -0.610. The van der Waals surface area contributed by atoms with E-state index in [-0.39, 0.29) is 12.5 Å². The van der Waals surface area contributed by atoms with E-state index in [1.807, 2.05) is 7.05 Å². The standard InChI is InChI=1S/C10H20N2O2/c1-11-8-3-5-9(6-4-8)12-10(13)7-14-2/h8-9,11H,3-7H2,1-2H3,(H,12,13). The molecule has 4 nitrogen and oxygen atoms in total. The minimum atomic E-state index is 0.000377. The fourth-order valence-corrected chi connectivity index (χ4v) is 1.93. The van der Waals surface area contributed by atoms with Crippen molar-refractivity contribution in [2.45, 2.75) is 37.8 Å². The second kappa shape index (κ2) is 5.98. The van der Waals surface area contributed by atoms with Crippen LogP contribution < -0.4 is 10.6 Å². The maximum Gasteiger partial charge on any atom is 0.246 e. The second-order valence-electron chi connectivity index (χ2n) is 3.84. The molecule has 0 aromatic heterocycles. The van der Waals surface area contributed by atoms with Crippen LogP contribution in [0.3, 0.4) is 0 Å². The Kier molecular flexibility index (Phi) is 4.90. The second-order valence-corrected chi connectivity index (χ2v) is 3.84. The van der Waals surface area contributed by atoms with E-state index in [0.29, 0.717) is 12.1 Å². The van der Waals surface area contributed by atoms with Crippen molar-refractivity contribution < 1.29 is 9.53 Å². The van der Waals surface area contributed by atoms with Crippen LogP contribution in [-0.2, 0) is 9.53 Å². The molecule has 0 saturated heterocycles. The molecule has 0 heterocycles. The zero-order valence-corrected chi connectivity index (χ0v) is 9.01. The Balaban J connectivity index is 2.18. The lowest BCUT2D eigenvalue weighted by atomic mass is 9.91. The van der Waals surface area contributed by atoms with Crippen LogP contribution in [0.5, 0.6) is 0 Å². The van der Waals surface area contributed by atoms with Crippen molar-refractivity contribution in [1.82, 2.24) is 10.6 Å². The maximum atomic E-state index is 11.2. The average Bonchev–Trinajstić information content (AvgIpc) is 2.19. The van der Waals surface area contributed by atoms with Crippen LogP contribution in [0.4, 0.5) is 0 Å². The third kappa shape index (κ3) is 3.64. The van der Waals surface area contributed by atoms with Gasteiger partial charge in [-0.05, 0) is 32.7 Å². The molecule has 1 aliphatic carbocycles. The van der Waals surface area contributed by atoms with Gasteiger partial charge in [0.1, 0.15) is 6.61 Å². The van der Waals surface area contributed by atoms with Crippen LogP contribution in [-0.4, -0.2) is 38.8 Å². The quantitative estimate of drug-likeness (QED) is 0.685. The Morgan fingerprint density at radius 3 is 2.36 bits per heavy atom. The van der Waals surface area contributed by atoms with E-state index in [1.54, 1.807) is 0 Å². The molecule has 1 aliphatic rings. The first-order valence-electron chi connectivity index (χ1n) is 5.21. The molecule has 0 radical (unpaired) electrons. The molecule has 1 rings (SSSR count). The first-order valence-corrected chi connectivity index (χ1v) is 5.21. The molecule has 0 unspecified atom stereocenters. The Bertz CT molecular complexity index is 177. The molecule has 0 spiro atoms. The lowest BCUT2D eigenvalue weighted by molar-refractivity contribution is -0.125. The van der Waals surface area contributed by atoms with E-state index >= 15 is 0 Å².